The number of carbonyl (C=O) groups is 1. The average molecular weight is 363 g/mol. The standard InChI is InChI=1S/C20H20F3NO2/c1-14(12-16-8-5-9-17(13-16)20(21,22)23)24-18(19(25)26)11-10-15-6-3-2-4-7-15/h2-11,13-14,18,24H,12H2,1H3,(H,25,26). The van der Waals surface area contributed by atoms with Gasteiger partial charge in [-0.05, 0) is 30.5 Å². The lowest BCUT2D eigenvalue weighted by molar-refractivity contribution is -0.138. The van der Waals surface area contributed by atoms with Gasteiger partial charge in [0.2, 0.25) is 0 Å². The Labute approximate surface area is 150 Å². The Morgan fingerprint density at radius 1 is 1.15 bits per heavy atom. The highest BCUT2D eigenvalue weighted by atomic mass is 19.4. The molecule has 26 heavy (non-hydrogen) atoms. The Morgan fingerprint density at radius 3 is 2.46 bits per heavy atom. The molecule has 2 aromatic carbocycles. The molecule has 0 aromatic heterocycles. The number of hydrogen-bond acceptors (Lipinski definition) is 2. The molecule has 6 heteroatoms. The number of hydrogen-bond donors (Lipinski definition) is 2. The van der Waals surface area contributed by atoms with Gasteiger partial charge in [0, 0.05) is 6.04 Å². The van der Waals surface area contributed by atoms with Gasteiger partial charge in [-0.25, -0.2) is 0 Å². The lowest BCUT2D eigenvalue weighted by Crippen LogP contribution is -2.41. The highest BCUT2D eigenvalue weighted by Crippen LogP contribution is 2.29. The molecule has 3 nitrogen and oxygen atoms in total. The third-order valence-electron chi connectivity index (χ3n) is 3.81. The third-order valence-corrected chi connectivity index (χ3v) is 3.81. The zero-order valence-electron chi connectivity index (χ0n) is 14.2. The van der Waals surface area contributed by atoms with Crippen LogP contribution in [0.3, 0.4) is 0 Å². The summed E-state index contributed by atoms with van der Waals surface area (Å²) in [4.78, 5) is 11.4. The Morgan fingerprint density at radius 2 is 1.85 bits per heavy atom. The lowest BCUT2D eigenvalue weighted by Gasteiger charge is -2.18. The van der Waals surface area contributed by atoms with Crippen molar-refractivity contribution in [2.75, 3.05) is 0 Å². The summed E-state index contributed by atoms with van der Waals surface area (Å²) in [5.74, 6) is -1.05. The van der Waals surface area contributed by atoms with E-state index in [9.17, 15) is 23.1 Å². The highest BCUT2D eigenvalue weighted by molar-refractivity contribution is 5.77. The number of nitrogens with one attached hydrogen (secondary N) is 1. The molecule has 2 unspecified atom stereocenters. The van der Waals surface area contributed by atoms with E-state index in [-0.39, 0.29) is 12.5 Å². The predicted molar refractivity (Wildman–Crippen MR) is 94.6 cm³/mol. The Hall–Kier alpha value is -2.60. The van der Waals surface area contributed by atoms with E-state index in [1.54, 1.807) is 19.1 Å². The topological polar surface area (TPSA) is 49.3 Å². The molecular formula is C20H20F3NO2. The molecule has 0 bridgehead atoms. The summed E-state index contributed by atoms with van der Waals surface area (Å²) in [6.07, 6.45) is -0.884. The Kier molecular flexibility index (Phi) is 6.58. The van der Waals surface area contributed by atoms with Crippen molar-refractivity contribution < 1.29 is 23.1 Å². The first-order chi connectivity index (χ1) is 12.3. The second-order valence-corrected chi connectivity index (χ2v) is 6.06. The van der Waals surface area contributed by atoms with Crippen molar-refractivity contribution in [2.24, 2.45) is 0 Å². The summed E-state index contributed by atoms with van der Waals surface area (Å²) in [6.45, 7) is 1.74. The van der Waals surface area contributed by atoms with E-state index in [2.05, 4.69) is 5.32 Å². The summed E-state index contributed by atoms with van der Waals surface area (Å²) in [5.41, 5.74) is 0.656. The number of alkyl halides is 3. The molecule has 0 spiro atoms. The van der Waals surface area contributed by atoms with Gasteiger partial charge in [0.05, 0.1) is 5.56 Å². The van der Waals surface area contributed by atoms with Crippen LogP contribution in [-0.4, -0.2) is 23.2 Å². The van der Waals surface area contributed by atoms with Crippen molar-refractivity contribution in [3.63, 3.8) is 0 Å². The molecule has 0 radical (unpaired) electrons. The van der Waals surface area contributed by atoms with Gasteiger partial charge in [-0.3, -0.25) is 10.1 Å². The fraction of sp³-hybridized carbons (Fsp3) is 0.250. The maximum Gasteiger partial charge on any atom is 0.416 e. The van der Waals surface area contributed by atoms with Crippen molar-refractivity contribution in [1.82, 2.24) is 5.32 Å². The highest BCUT2D eigenvalue weighted by Gasteiger charge is 2.30. The predicted octanol–water partition coefficient (Wildman–Crippen LogP) is 4.39. The van der Waals surface area contributed by atoms with E-state index in [1.807, 2.05) is 30.3 Å². The fourth-order valence-electron chi connectivity index (χ4n) is 2.57. The monoisotopic (exact) mass is 363 g/mol. The van der Waals surface area contributed by atoms with E-state index in [0.717, 1.165) is 17.7 Å². The number of carboxylic acids is 1. The molecule has 0 aliphatic rings. The summed E-state index contributed by atoms with van der Waals surface area (Å²) in [6, 6.07) is 13.1. The average Bonchev–Trinajstić information content (AvgIpc) is 2.58. The van der Waals surface area contributed by atoms with Crippen LogP contribution in [0.1, 0.15) is 23.6 Å². The number of aliphatic carboxylic acids is 1. The van der Waals surface area contributed by atoms with Gasteiger partial charge in [0.1, 0.15) is 6.04 Å². The lowest BCUT2D eigenvalue weighted by atomic mass is 10.0. The summed E-state index contributed by atoms with van der Waals surface area (Å²) in [5, 5.41) is 12.3. The summed E-state index contributed by atoms with van der Waals surface area (Å²) in [7, 11) is 0. The SMILES string of the molecule is CC(Cc1cccc(C(F)(F)F)c1)NC(C=Cc1ccccc1)C(=O)O. The van der Waals surface area contributed by atoms with Crippen LogP contribution in [0.4, 0.5) is 13.2 Å². The molecule has 0 aliphatic heterocycles. The van der Waals surface area contributed by atoms with Crippen LogP contribution < -0.4 is 5.32 Å². The van der Waals surface area contributed by atoms with E-state index in [0.29, 0.717) is 5.56 Å². The van der Waals surface area contributed by atoms with Crippen molar-refractivity contribution in [2.45, 2.75) is 31.6 Å². The van der Waals surface area contributed by atoms with Crippen LogP contribution in [0.5, 0.6) is 0 Å². The summed E-state index contributed by atoms with van der Waals surface area (Å²) >= 11 is 0. The van der Waals surface area contributed by atoms with Crippen LogP contribution in [0.25, 0.3) is 6.08 Å². The van der Waals surface area contributed by atoms with Crippen LogP contribution >= 0.6 is 0 Å². The third kappa shape index (κ3) is 6.04. The molecule has 138 valence electrons. The van der Waals surface area contributed by atoms with Crippen molar-refractivity contribution in [1.29, 1.82) is 0 Å². The van der Waals surface area contributed by atoms with E-state index >= 15 is 0 Å². The van der Waals surface area contributed by atoms with Crippen LogP contribution in [0.15, 0.2) is 60.7 Å². The minimum Gasteiger partial charge on any atom is -0.480 e. The number of rotatable bonds is 7. The molecule has 0 amide bonds. The maximum absolute atomic E-state index is 12.8. The van der Waals surface area contributed by atoms with Crippen molar-refractivity contribution in [3.8, 4) is 0 Å². The molecule has 0 saturated heterocycles. The number of benzene rings is 2. The van der Waals surface area contributed by atoms with Gasteiger partial charge in [-0.15, -0.1) is 0 Å². The van der Waals surface area contributed by atoms with Crippen LogP contribution in [-0.2, 0) is 17.4 Å². The molecule has 0 aliphatic carbocycles. The normalized spacial score (nSPS) is 14.3. The quantitative estimate of drug-likeness (QED) is 0.767. The smallest absolute Gasteiger partial charge is 0.416 e. The van der Waals surface area contributed by atoms with Gasteiger partial charge in [-0.1, -0.05) is 60.7 Å². The minimum absolute atomic E-state index is 0.285. The number of halogens is 3. The van der Waals surface area contributed by atoms with E-state index in [4.69, 9.17) is 0 Å². The van der Waals surface area contributed by atoms with Gasteiger partial charge in [-0.2, -0.15) is 13.2 Å². The molecular weight excluding hydrogens is 343 g/mol. The van der Waals surface area contributed by atoms with E-state index in [1.165, 1.54) is 12.1 Å². The van der Waals surface area contributed by atoms with Gasteiger partial charge in [0.25, 0.3) is 0 Å². The minimum atomic E-state index is -4.39. The molecule has 2 rings (SSSR count). The second kappa shape index (κ2) is 8.67. The van der Waals surface area contributed by atoms with Gasteiger partial charge >= 0.3 is 12.1 Å². The van der Waals surface area contributed by atoms with Crippen molar-refractivity contribution in [3.05, 3.63) is 77.4 Å². The van der Waals surface area contributed by atoms with Gasteiger partial charge < -0.3 is 5.11 Å². The first kappa shape index (κ1) is 19.7. The molecule has 2 aromatic rings. The van der Waals surface area contributed by atoms with E-state index < -0.39 is 23.8 Å². The maximum atomic E-state index is 12.8. The molecule has 0 fully saturated rings. The summed E-state index contributed by atoms with van der Waals surface area (Å²) < 4.78 is 38.3. The molecule has 2 N–H and O–H groups in total. The molecule has 0 saturated carbocycles. The first-order valence-corrected chi connectivity index (χ1v) is 8.14. The fourth-order valence-corrected chi connectivity index (χ4v) is 2.57. The largest absolute Gasteiger partial charge is 0.480 e. The van der Waals surface area contributed by atoms with Crippen molar-refractivity contribution >= 4 is 12.0 Å². The van der Waals surface area contributed by atoms with Crippen LogP contribution in [0.2, 0.25) is 0 Å². The zero-order chi connectivity index (χ0) is 19.2. The molecule has 0 heterocycles. The Balaban J connectivity index is 2.03. The Bertz CT molecular complexity index is 757. The zero-order valence-corrected chi connectivity index (χ0v) is 14.2. The number of carboxylic acid groups (broad SMARTS) is 1. The second-order valence-electron chi connectivity index (χ2n) is 6.06. The molecule has 2 atom stereocenters. The first-order valence-electron chi connectivity index (χ1n) is 8.14. The van der Waals surface area contributed by atoms with Crippen LogP contribution in [0, 0.1) is 0 Å². The van der Waals surface area contributed by atoms with Gasteiger partial charge in [0.15, 0.2) is 0 Å².